The molecule has 0 bridgehead atoms. The van der Waals surface area contributed by atoms with Gasteiger partial charge in [-0.25, -0.2) is 0 Å². The molecule has 106 valence electrons. The molecule has 4 rings (SSSR count). The van der Waals surface area contributed by atoms with Crippen LogP contribution in [0.2, 0.25) is 0 Å². The third-order valence-corrected chi connectivity index (χ3v) is 5.88. The molecule has 3 aliphatic rings. The molecule has 2 heterocycles. The van der Waals surface area contributed by atoms with Crippen LogP contribution in [0.3, 0.4) is 0 Å². The number of hydrogen-bond donors (Lipinski definition) is 1. The topological polar surface area (TPSA) is 40.5 Å². The monoisotopic (exact) mass is 271 g/mol. The van der Waals surface area contributed by atoms with Crippen molar-refractivity contribution in [1.29, 1.82) is 0 Å². The number of fused-ring (bicyclic) bond motifs is 5. The van der Waals surface area contributed by atoms with Crippen LogP contribution in [-0.2, 0) is 11.2 Å². The van der Waals surface area contributed by atoms with E-state index >= 15 is 0 Å². The van der Waals surface area contributed by atoms with Crippen LogP contribution in [0.1, 0.15) is 49.8 Å². The predicted molar refractivity (Wildman–Crippen MR) is 76.6 cm³/mol. The third kappa shape index (κ3) is 1.53. The molecule has 3 atom stereocenters. The van der Waals surface area contributed by atoms with Crippen molar-refractivity contribution in [3.8, 4) is 5.75 Å². The molecule has 1 aromatic rings. The molecule has 0 radical (unpaired) electrons. The number of ketones is 1. The van der Waals surface area contributed by atoms with Crippen LogP contribution in [0.5, 0.6) is 5.75 Å². The average molecular weight is 271 g/mol. The quantitative estimate of drug-likeness (QED) is 0.789. The molecular weight excluding hydrogens is 250 g/mol. The van der Waals surface area contributed by atoms with Gasteiger partial charge >= 0.3 is 0 Å². The first kappa shape index (κ1) is 12.4. The molecule has 0 unspecified atom stereocenters. The first-order chi connectivity index (χ1) is 9.59. The number of phenols is 1. The van der Waals surface area contributed by atoms with Crippen LogP contribution in [0, 0.1) is 5.41 Å². The molecule has 2 fully saturated rings. The smallest absolute Gasteiger partial charge is 0.140 e. The Morgan fingerprint density at radius 3 is 3.00 bits per heavy atom. The van der Waals surface area contributed by atoms with E-state index in [1.165, 1.54) is 11.1 Å². The minimum Gasteiger partial charge on any atom is -0.508 e. The summed E-state index contributed by atoms with van der Waals surface area (Å²) in [7, 11) is 0. The summed E-state index contributed by atoms with van der Waals surface area (Å²) < 4.78 is 0. The van der Waals surface area contributed by atoms with E-state index in [-0.39, 0.29) is 5.41 Å². The van der Waals surface area contributed by atoms with Crippen molar-refractivity contribution in [1.82, 2.24) is 4.90 Å². The van der Waals surface area contributed by atoms with E-state index in [1.54, 1.807) is 6.07 Å². The minimum absolute atomic E-state index is 0.106. The summed E-state index contributed by atoms with van der Waals surface area (Å²) in [5.41, 5.74) is 2.56. The lowest BCUT2D eigenvalue weighted by Gasteiger charge is -2.51. The molecule has 1 aliphatic carbocycles. The Morgan fingerprint density at radius 2 is 2.15 bits per heavy atom. The molecule has 1 aromatic carbocycles. The summed E-state index contributed by atoms with van der Waals surface area (Å²) in [5, 5.41) is 9.65. The lowest BCUT2D eigenvalue weighted by Crippen LogP contribution is -2.53. The number of carbonyl (C=O) groups is 1. The highest BCUT2D eigenvalue weighted by atomic mass is 16.3. The third-order valence-electron chi connectivity index (χ3n) is 5.88. The highest BCUT2D eigenvalue weighted by molar-refractivity contribution is 5.87. The Hall–Kier alpha value is -1.35. The van der Waals surface area contributed by atoms with Crippen LogP contribution < -0.4 is 0 Å². The van der Waals surface area contributed by atoms with Crippen molar-refractivity contribution >= 4 is 5.78 Å². The summed E-state index contributed by atoms with van der Waals surface area (Å²) in [6.07, 6.45) is 4.85. The maximum atomic E-state index is 12.2. The maximum Gasteiger partial charge on any atom is 0.140 e. The number of nitrogens with zero attached hydrogens (tertiary/aromatic N) is 1. The second-order valence-corrected chi connectivity index (χ2v) is 6.82. The van der Waals surface area contributed by atoms with E-state index in [9.17, 15) is 9.90 Å². The van der Waals surface area contributed by atoms with Crippen LogP contribution in [0.25, 0.3) is 0 Å². The molecule has 3 nitrogen and oxygen atoms in total. The fraction of sp³-hybridized carbons (Fsp3) is 0.588. The second-order valence-electron chi connectivity index (χ2n) is 6.82. The Kier molecular flexibility index (Phi) is 2.53. The van der Waals surface area contributed by atoms with Crippen LogP contribution in [0.15, 0.2) is 18.2 Å². The van der Waals surface area contributed by atoms with E-state index in [1.807, 2.05) is 6.07 Å². The largest absolute Gasteiger partial charge is 0.508 e. The second kappa shape index (κ2) is 4.08. The number of Topliss-reactive ketones (excluding diaryl/α,β-unsaturated/α-hetero) is 1. The molecular formula is C17H21NO2. The Labute approximate surface area is 119 Å². The van der Waals surface area contributed by atoms with Gasteiger partial charge in [-0.05, 0) is 48.9 Å². The van der Waals surface area contributed by atoms with Crippen molar-refractivity contribution < 1.29 is 9.90 Å². The first-order valence-electron chi connectivity index (χ1n) is 7.70. The number of piperidine rings is 1. The van der Waals surface area contributed by atoms with Crippen molar-refractivity contribution in [2.75, 3.05) is 6.54 Å². The minimum atomic E-state index is -0.106. The molecule has 2 aliphatic heterocycles. The number of benzene rings is 1. The number of hydrogen-bond acceptors (Lipinski definition) is 3. The van der Waals surface area contributed by atoms with Gasteiger partial charge in [-0.1, -0.05) is 13.0 Å². The van der Waals surface area contributed by atoms with E-state index in [2.05, 4.69) is 17.9 Å². The Balaban J connectivity index is 1.73. The molecule has 1 saturated carbocycles. The van der Waals surface area contributed by atoms with E-state index in [4.69, 9.17) is 0 Å². The fourth-order valence-electron chi connectivity index (χ4n) is 4.74. The normalized spacial score (nSPS) is 36.4. The van der Waals surface area contributed by atoms with Gasteiger partial charge in [-0.2, -0.15) is 0 Å². The van der Waals surface area contributed by atoms with Crippen LogP contribution in [0.4, 0.5) is 0 Å². The molecule has 0 amide bonds. The zero-order chi connectivity index (χ0) is 13.9. The molecule has 1 N–H and O–H groups in total. The van der Waals surface area contributed by atoms with Gasteiger partial charge in [0.2, 0.25) is 0 Å². The molecule has 0 spiro atoms. The highest BCUT2D eigenvalue weighted by Crippen LogP contribution is 2.52. The lowest BCUT2D eigenvalue weighted by molar-refractivity contribution is -0.130. The van der Waals surface area contributed by atoms with E-state index in [0.29, 0.717) is 23.6 Å². The fourth-order valence-corrected chi connectivity index (χ4v) is 4.74. The predicted octanol–water partition coefficient (Wildman–Crippen LogP) is 2.82. The summed E-state index contributed by atoms with van der Waals surface area (Å²) in [6.45, 7) is 3.20. The van der Waals surface area contributed by atoms with Crippen molar-refractivity contribution in [3.63, 3.8) is 0 Å². The average Bonchev–Trinajstić information content (AvgIpc) is 2.74. The van der Waals surface area contributed by atoms with Crippen molar-refractivity contribution in [2.24, 2.45) is 5.41 Å². The summed E-state index contributed by atoms with van der Waals surface area (Å²) in [6, 6.07) is 6.68. The molecule has 1 saturated heterocycles. The number of carbonyl (C=O) groups excluding carboxylic acids is 1. The molecule has 0 aromatic heterocycles. The summed E-state index contributed by atoms with van der Waals surface area (Å²) >= 11 is 0. The van der Waals surface area contributed by atoms with Gasteiger partial charge in [0, 0.05) is 30.5 Å². The van der Waals surface area contributed by atoms with E-state index < -0.39 is 0 Å². The van der Waals surface area contributed by atoms with Crippen LogP contribution >= 0.6 is 0 Å². The molecule has 3 heteroatoms. The summed E-state index contributed by atoms with van der Waals surface area (Å²) in [5.74, 6) is 0.839. The standard InChI is InChI=1S/C17H21NO2/c1-17-8-6-14-13-3-2-12(19)10-11(13)7-9-18(14)15(17)4-5-16(17)20/h2-3,10,14-15,19H,4-9H2,1H3/t14-,15+,17-/m1/s1. The van der Waals surface area contributed by atoms with Crippen molar-refractivity contribution in [2.45, 2.75) is 51.1 Å². The first-order valence-corrected chi connectivity index (χ1v) is 7.70. The SMILES string of the molecule is C[C@@]12CC[C@@H]3c4ccc(O)cc4CCN3[C@H]1CCC2=O. The van der Waals surface area contributed by atoms with Gasteiger partial charge in [0.15, 0.2) is 0 Å². The Morgan fingerprint density at radius 1 is 1.30 bits per heavy atom. The van der Waals surface area contributed by atoms with E-state index in [0.717, 1.165) is 38.6 Å². The number of aromatic hydroxyl groups is 1. The molecule has 20 heavy (non-hydrogen) atoms. The zero-order valence-electron chi connectivity index (χ0n) is 11.9. The lowest BCUT2D eigenvalue weighted by atomic mass is 9.71. The summed E-state index contributed by atoms with van der Waals surface area (Å²) in [4.78, 5) is 14.8. The van der Waals surface area contributed by atoms with Gasteiger partial charge < -0.3 is 5.11 Å². The number of phenolic OH excluding ortho intramolecular Hbond substituents is 1. The zero-order valence-corrected chi connectivity index (χ0v) is 11.9. The maximum absolute atomic E-state index is 12.2. The van der Waals surface area contributed by atoms with Gasteiger partial charge in [0.05, 0.1) is 0 Å². The Bertz CT molecular complexity index is 582. The van der Waals surface area contributed by atoms with Gasteiger partial charge in [0.1, 0.15) is 11.5 Å². The van der Waals surface area contributed by atoms with Gasteiger partial charge in [-0.15, -0.1) is 0 Å². The highest BCUT2D eigenvalue weighted by Gasteiger charge is 2.53. The van der Waals surface area contributed by atoms with Crippen LogP contribution in [-0.4, -0.2) is 28.4 Å². The number of rotatable bonds is 0. The van der Waals surface area contributed by atoms with Crippen molar-refractivity contribution in [3.05, 3.63) is 29.3 Å². The van der Waals surface area contributed by atoms with Gasteiger partial charge in [0.25, 0.3) is 0 Å². The van der Waals surface area contributed by atoms with Gasteiger partial charge in [-0.3, -0.25) is 9.69 Å².